The summed E-state index contributed by atoms with van der Waals surface area (Å²) in [7, 11) is 0. The molecule has 0 saturated heterocycles. The summed E-state index contributed by atoms with van der Waals surface area (Å²) >= 11 is 0. The number of hydrogen-bond acceptors (Lipinski definition) is 4. The summed E-state index contributed by atoms with van der Waals surface area (Å²) in [6.45, 7) is 3.92. The number of rotatable bonds is 6. The lowest BCUT2D eigenvalue weighted by Crippen LogP contribution is -2.47. The Morgan fingerprint density at radius 2 is 1.60 bits per heavy atom. The molecule has 0 aliphatic rings. The van der Waals surface area contributed by atoms with Gasteiger partial charge in [0.15, 0.2) is 6.10 Å². The van der Waals surface area contributed by atoms with Crippen LogP contribution < -0.4 is 20.3 Å². The van der Waals surface area contributed by atoms with Gasteiger partial charge >= 0.3 is 0 Å². The van der Waals surface area contributed by atoms with E-state index in [0.29, 0.717) is 23.7 Å². The third kappa shape index (κ3) is 5.49. The molecule has 6 nitrogen and oxygen atoms in total. The van der Waals surface area contributed by atoms with Crippen molar-refractivity contribution in [3.05, 3.63) is 59.9 Å². The van der Waals surface area contributed by atoms with E-state index in [-0.39, 0.29) is 0 Å². The van der Waals surface area contributed by atoms with Gasteiger partial charge in [0.05, 0.1) is 6.61 Å². The van der Waals surface area contributed by atoms with E-state index in [9.17, 15) is 14.0 Å². The second-order valence-corrected chi connectivity index (χ2v) is 5.11. The quantitative estimate of drug-likeness (QED) is 0.788. The van der Waals surface area contributed by atoms with E-state index < -0.39 is 23.7 Å². The van der Waals surface area contributed by atoms with E-state index in [4.69, 9.17) is 9.47 Å². The van der Waals surface area contributed by atoms with Crippen molar-refractivity contribution >= 4 is 11.8 Å². The topological polar surface area (TPSA) is 76.7 Å². The van der Waals surface area contributed by atoms with Crippen molar-refractivity contribution in [2.45, 2.75) is 20.0 Å². The summed E-state index contributed by atoms with van der Waals surface area (Å²) in [6.07, 6.45) is -0.869. The zero-order valence-electron chi connectivity index (χ0n) is 13.9. The number of hydrazine groups is 1. The van der Waals surface area contributed by atoms with Crippen molar-refractivity contribution in [3.63, 3.8) is 0 Å². The maximum absolute atomic E-state index is 12.8. The number of nitrogens with one attached hydrogen (secondary N) is 2. The second-order valence-electron chi connectivity index (χ2n) is 5.11. The molecular formula is C18H19FN2O4. The van der Waals surface area contributed by atoms with Crippen LogP contribution in [0.3, 0.4) is 0 Å². The monoisotopic (exact) mass is 346 g/mol. The Labute approximate surface area is 144 Å². The van der Waals surface area contributed by atoms with Crippen molar-refractivity contribution in [2.24, 2.45) is 0 Å². The summed E-state index contributed by atoms with van der Waals surface area (Å²) in [4.78, 5) is 23.9. The number of carbonyl (C=O) groups excluding carboxylic acids is 2. The third-order valence-corrected chi connectivity index (χ3v) is 3.22. The van der Waals surface area contributed by atoms with Crippen LogP contribution in [0.2, 0.25) is 0 Å². The predicted octanol–water partition coefficient (Wildman–Crippen LogP) is 2.45. The summed E-state index contributed by atoms with van der Waals surface area (Å²) in [5, 5.41) is 0. The standard InChI is InChI=1S/C18H19FN2O4/c1-3-24-15-8-4-13(5-9-15)18(23)21-20-17(22)12(2)25-16-10-6-14(19)7-11-16/h4-12H,3H2,1-2H3,(H,20,22)(H,21,23). The first-order valence-electron chi connectivity index (χ1n) is 7.75. The van der Waals surface area contributed by atoms with E-state index in [2.05, 4.69) is 10.9 Å². The first kappa shape index (κ1) is 18.3. The molecule has 25 heavy (non-hydrogen) atoms. The Hall–Kier alpha value is -3.09. The average molecular weight is 346 g/mol. The minimum absolute atomic E-state index is 0.349. The molecule has 0 spiro atoms. The van der Waals surface area contributed by atoms with Gasteiger partial charge in [-0.15, -0.1) is 0 Å². The molecule has 0 fully saturated rings. The van der Waals surface area contributed by atoms with Gasteiger partial charge in [0.25, 0.3) is 11.8 Å². The normalized spacial score (nSPS) is 11.3. The fraction of sp³-hybridized carbons (Fsp3) is 0.222. The maximum atomic E-state index is 12.8. The summed E-state index contributed by atoms with van der Waals surface area (Å²) < 4.78 is 23.5. The van der Waals surface area contributed by atoms with Crippen molar-refractivity contribution in [3.8, 4) is 11.5 Å². The molecule has 0 aliphatic carbocycles. The van der Waals surface area contributed by atoms with Crippen LogP contribution in [0.5, 0.6) is 11.5 Å². The van der Waals surface area contributed by atoms with Gasteiger partial charge in [0.1, 0.15) is 17.3 Å². The van der Waals surface area contributed by atoms with Gasteiger partial charge in [-0.1, -0.05) is 0 Å². The molecule has 1 unspecified atom stereocenters. The lowest BCUT2D eigenvalue weighted by atomic mass is 10.2. The lowest BCUT2D eigenvalue weighted by Gasteiger charge is -2.15. The van der Waals surface area contributed by atoms with Gasteiger partial charge in [0.2, 0.25) is 0 Å². The zero-order valence-corrected chi connectivity index (χ0v) is 13.9. The van der Waals surface area contributed by atoms with Crippen molar-refractivity contribution < 1.29 is 23.5 Å². The minimum Gasteiger partial charge on any atom is -0.494 e. The second kappa shape index (κ2) is 8.68. The number of amides is 2. The van der Waals surface area contributed by atoms with Gasteiger partial charge < -0.3 is 9.47 Å². The van der Waals surface area contributed by atoms with Crippen molar-refractivity contribution in [1.82, 2.24) is 10.9 Å². The third-order valence-electron chi connectivity index (χ3n) is 3.22. The van der Waals surface area contributed by atoms with E-state index in [1.54, 1.807) is 24.3 Å². The fourth-order valence-corrected chi connectivity index (χ4v) is 1.93. The van der Waals surface area contributed by atoms with E-state index in [1.807, 2.05) is 6.92 Å². The Morgan fingerprint density at radius 1 is 1.00 bits per heavy atom. The SMILES string of the molecule is CCOc1ccc(C(=O)NNC(=O)C(C)Oc2ccc(F)cc2)cc1. The first-order valence-corrected chi connectivity index (χ1v) is 7.75. The molecule has 0 bridgehead atoms. The molecule has 0 aliphatic heterocycles. The van der Waals surface area contributed by atoms with Crippen LogP contribution in [0.15, 0.2) is 48.5 Å². The molecule has 2 aromatic rings. The van der Waals surface area contributed by atoms with Gasteiger partial charge in [0, 0.05) is 5.56 Å². The van der Waals surface area contributed by atoms with Crippen molar-refractivity contribution in [1.29, 1.82) is 0 Å². The number of hydrogen-bond donors (Lipinski definition) is 2. The molecule has 0 heterocycles. The van der Waals surface area contributed by atoms with Gasteiger partial charge in [-0.3, -0.25) is 20.4 Å². The Bertz CT molecular complexity index is 717. The molecule has 0 aromatic heterocycles. The van der Waals surface area contributed by atoms with Crippen LogP contribution >= 0.6 is 0 Å². The molecule has 2 rings (SSSR count). The molecule has 7 heteroatoms. The molecule has 2 aromatic carbocycles. The number of carbonyl (C=O) groups is 2. The molecule has 0 saturated carbocycles. The Balaban J connectivity index is 1.83. The molecular weight excluding hydrogens is 327 g/mol. The molecule has 132 valence electrons. The molecule has 2 N–H and O–H groups in total. The Morgan fingerprint density at radius 3 is 2.20 bits per heavy atom. The van der Waals surface area contributed by atoms with Crippen LogP contribution in [-0.2, 0) is 4.79 Å². The van der Waals surface area contributed by atoms with Crippen LogP contribution in [0, 0.1) is 5.82 Å². The van der Waals surface area contributed by atoms with Gasteiger partial charge in [-0.05, 0) is 62.4 Å². The minimum atomic E-state index is -0.869. The smallest absolute Gasteiger partial charge is 0.279 e. The number of benzene rings is 2. The molecule has 2 amide bonds. The zero-order chi connectivity index (χ0) is 18.2. The van der Waals surface area contributed by atoms with Crippen molar-refractivity contribution in [2.75, 3.05) is 6.61 Å². The van der Waals surface area contributed by atoms with Crippen LogP contribution in [0.25, 0.3) is 0 Å². The largest absolute Gasteiger partial charge is 0.494 e. The summed E-state index contributed by atoms with van der Waals surface area (Å²) in [5.41, 5.74) is 4.96. The lowest BCUT2D eigenvalue weighted by molar-refractivity contribution is -0.128. The summed E-state index contributed by atoms with van der Waals surface area (Å²) in [5.74, 6) is -0.396. The highest BCUT2D eigenvalue weighted by molar-refractivity contribution is 5.95. The van der Waals surface area contributed by atoms with E-state index in [0.717, 1.165) is 0 Å². The highest BCUT2D eigenvalue weighted by Gasteiger charge is 2.16. The van der Waals surface area contributed by atoms with Gasteiger partial charge in [-0.25, -0.2) is 4.39 Å². The highest BCUT2D eigenvalue weighted by atomic mass is 19.1. The van der Waals surface area contributed by atoms with E-state index in [1.165, 1.54) is 31.2 Å². The summed E-state index contributed by atoms with van der Waals surface area (Å²) in [6, 6.07) is 11.8. The highest BCUT2D eigenvalue weighted by Crippen LogP contribution is 2.13. The molecule has 1 atom stereocenters. The number of ether oxygens (including phenoxy) is 2. The van der Waals surface area contributed by atoms with E-state index >= 15 is 0 Å². The predicted molar refractivity (Wildman–Crippen MR) is 89.7 cm³/mol. The average Bonchev–Trinajstić information content (AvgIpc) is 2.62. The number of halogens is 1. The maximum Gasteiger partial charge on any atom is 0.279 e. The van der Waals surface area contributed by atoms with Crippen LogP contribution in [0.4, 0.5) is 4.39 Å². The molecule has 0 radical (unpaired) electrons. The van der Waals surface area contributed by atoms with Crippen LogP contribution in [0.1, 0.15) is 24.2 Å². The fourth-order valence-electron chi connectivity index (χ4n) is 1.93. The van der Waals surface area contributed by atoms with Crippen LogP contribution in [-0.4, -0.2) is 24.5 Å². The Kier molecular flexibility index (Phi) is 6.33. The first-order chi connectivity index (χ1) is 12.0. The van der Waals surface area contributed by atoms with Gasteiger partial charge in [-0.2, -0.15) is 0 Å².